The zero-order valence-corrected chi connectivity index (χ0v) is 9.18. The molecule has 5 heteroatoms. The molecule has 4 nitrogen and oxygen atoms in total. The maximum absolute atomic E-state index is 5.08. The second-order valence-corrected chi connectivity index (χ2v) is 3.79. The highest BCUT2D eigenvalue weighted by molar-refractivity contribution is 7.99. The Morgan fingerprint density at radius 1 is 1.57 bits per heavy atom. The molecule has 0 amide bonds. The zero-order chi connectivity index (χ0) is 10.1. The first-order chi connectivity index (χ1) is 6.93. The van der Waals surface area contributed by atoms with Crippen LogP contribution in [-0.4, -0.2) is 37.5 Å². The summed E-state index contributed by atoms with van der Waals surface area (Å²) in [5.74, 6) is 0.980. The summed E-state index contributed by atoms with van der Waals surface area (Å²) >= 11 is 1.62. The first-order valence-corrected chi connectivity index (χ1v) is 5.64. The van der Waals surface area contributed by atoms with Crippen LogP contribution in [0.5, 0.6) is 0 Å². The van der Waals surface area contributed by atoms with Gasteiger partial charge in [-0.25, -0.2) is 4.98 Å². The normalized spacial score (nSPS) is 10.6. The van der Waals surface area contributed by atoms with E-state index in [0.29, 0.717) is 0 Å². The number of thioether (sulfide) groups is 1. The van der Waals surface area contributed by atoms with Gasteiger partial charge in [0.1, 0.15) is 6.26 Å². The van der Waals surface area contributed by atoms with Gasteiger partial charge in [-0.15, -0.1) is 0 Å². The van der Waals surface area contributed by atoms with Crippen molar-refractivity contribution in [3.8, 4) is 0 Å². The minimum absolute atomic E-state index is 0.740. The Labute approximate surface area is 88.4 Å². The summed E-state index contributed by atoms with van der Waals surface area (Å²) in [4.78, 5) is 4.01. The molecule has 0 spiro atoms. The summed E-state index contributed by atoms with van der Waals surface area (Å²) in [6.07, 6.45) is 4.31. The molecule has 0 unspecified atom stereocenters. The number of hydrogen-bond donors (Lipinski definition) is 1. The molecule has 0 radical (unpaired) electrons. The number of rotatable bonds is 8. The highest BCUT2D eigenvalue weighted by atomic mass is 32.2. The molecule has 0 bridgehead atoms. The predicted molar refractivity (Wildman–Crippen MR) is 56.6 cm³/mol. The van der Waals surface area contributed by atoms with Gasteiger partial charge in [0.2, 0.25) is 0 Å². The first kappa shape index (κ1) is 11.6. The van der Waals surface area contributed by atoms with E-state index < -0.39 is 0 Å². The fourth-order valence-electron chi connectivity index (χ4n) is 0.959. The van der Waals surface area contributed by atoms with Crippen molar-refractivity contribution in [3.63, 3.8) is 0 Å². The van der Waals surface area contributed by atoms with E-state index in [4.69, 9.17) is 9.15 Å². The third-order valence-electron chi connectivity index (χ3n) is 1.62. The quantitative estimate of drug-likeness (QED) is 0.525. The Morgan fingerprint density at radius 3 is 3.21 bits per heavy atom. The van der Waals surface area contributed by atoms with Crippen molar-refractivity contribution >= 4 is 11.8 Å². The third kappa shape index (κ3) is 5.26. The van der Waals surface area contributed by atoms with Crippen LogP contribution in [0.2, 0.25) is 0 Å². The lowest BCUT2D eigenvalue weighted by atomic mass is 10.4. The number of oxazole rings is 1. The van der Waals surface area contributed by atoms with E-state index in [1.54, 1.807) is 31.3 Å². The minimum atomic E-state index is 0.740. The molecule has 0 atom stereocenters. The lowest BCUT2D eigenvalue weighted by Crippen LogP contribution is -2.19. The summed E-state index contributed by atoms with van der Waals surface area (Å²) in [5, 5.41) is 4.05. The lowest BCUT2D eigenvalue weighted by molar-refractivity contribution is 0.194. The maximum Gasteiger partial charge on any atom is 0.255 e. The SMILES string of the molecule is COCCCNCCSc1ncco1. The number of nitrogens with one attached hydrogen (secondary N) is 1. The van der Waals surface area contributed by atoms with Gasteiger partial charge < -0.3 is 14.5 Å². The summed E-state index contributed by atoms with van der Waals surface area (Å²) in [6, 6.07) is 0. The Balaban J connectivity index is 1.85. The molecule has 0 aromatic carbocycles. The van der Waals surface area contributed by atoms with Crippen LogP contribution in [0.25, 0.3) is 0 Å². The van der Waals surface area contributed by atoms with Crippen molar-refractivity contribution in [1.82, 2.24) is 10.3 Å². The van der Waals surface area contributed by atoms with Crippen LogP contribution >= 0.6 is 11.8 Å². The van der Waals surface area contributed by atoms with Crippen molar-refractivity contribution in [2.24, 2.45) is 0 Å². The van der Waals surface area contributed by atoms with E-state index in [1.165, 1.54) is 0 Å². The number of ether oxygens (including phenoxy) is 1. The summed E-state index contributed by atoms with van der Waals surface area (Å²) in [6.45, 7) is 2.79. The van der Waals surface area contributed by atoms with E-state index in [2.05, 4.69) is 10.3 Å². The van der Waals surface area contributed by atoms with Crippen LogP contribution in [0, 0.1) is 0 Å². The topological polar surface area (TPSA) is 47.3 Å². The average molecular weight is 216 g/mol. The van der Waals surface area contributed by atoms with Gasteiger partial charge in [-0.1, -0.05) is 11.8 Å². The van der Waals surface area contributed by atoms with E-state index in [9.17, 15) is 0 Å². The highest BCUT2D eigenvalue weighted by Gasteiger charge is 1.96. The van der Waals surface area contributed by atoms with Crippen LogP contribution in [0.4, 0.5) is 0 Å². The smallest absolute Gasteiger partial charge is 0.255 e. The van der Waals surface area contributed by atoms with Crippen molar-refractivity contribution in [2.75, 3.05) is 32.6 Å². The fourth-order valence-corrected chi connectivity index (χ4v) is 1.64. The summed E-state index contributed by atoms with van der Waals surface area (Å²) in [5.41, 5.74) is 0. The summed E-state index contributed by atoms with van der Waals surface area (Å²) in [7, 11) is 1.72. The molecule has 0 saturated heterocycles. The zero-order valence-electron chi connectivity index (χ0n) is 8.36. The molecule has 1 N–H and O–H groups in total. The van der Waals surface area contributed by atoms with Gasteiger partial charge in [0, 0.05) is 26.0 Å². The molecule has 14 heavy (non-hydrogen) atoms. The van der Waals surface area contributed by atoms with Gasteiger partial charge >= 0.3 is 0 Å². The van der Waals surface area contributed by atoms with E-state index in [1.807, 2.05) is 0 Å². The second kappa shape index (κ2) is 7.84. The number of hydrogen-bond acceptors (Lipinski definition) is 5. The van der Waals surface area contributed by atoms with Crippen LogP contribution < -0.4 is 5.32 Å². The Bertz CT molecular complexity index is 217. The summed E-state index contributed by atoms with van der Waals surface area (Å²) < 4.78 is 10.0. The van der Waals surface area contributed by atoms with Gasteiger partial charge in [-0.3, -0.25) is 0 Å². The van der Waals surface area contributed by atoms with Gasteiger partial charge in [0.05, 0.1) is 6.20 Å². The van der Waals surface area contributed by atoms with Crippen LogP contribution in [0.15, 0.2) is 22.1 Å². The van der Waals surface area contributed by atoms with Gasteiger partial charge in [0.25, 0.3) is 5.22 Å². The van der Waals surface area contributed by atoms with Crippen LogP contribution in [0.3, 0.4) is 0 Å². The number of nitrogens with zero attached hydrogens (tertiary/aromatic N) is 1. The monoisotopic (exact) mass is 216 g/mol. The van der Waals surface area contributed by atoms with Crippen molar-refractivity contribution in [1.29, 1.82) is 0 Å². The van der Waals surface area contributed by atoms with Crippen LogP contribution in [0.1, 0.15) is 6.42 Å². The lowest BCUT2D eigenvalue weighted by Gasteiger charge is -2.02. The van der Waals surface area contributed by atoms with Crippen molar-refractivity contribution in [3.05, 3.63) is 12.5 Å². The first-order valence-electron chi connectivity index (χ1n) is 4.65. The Morgan fingerprint density at radius 2 is 2.50 bits per heavy atom. The molecular formula is C9H16N2O2S. The van der Waals surface area contributed by atoms with Crippen LogP contribution in [-0.2, 0) is 4.74 Å². The van der Waals surface area contributed by atoms with Gasteiger partial charge in [-0.05, 0) is 13.0 Å². The maximum atomic E-state index is 5.08. The molecule has 80 valence electrons. The standard InChI is InChI=1S/C9H16N2O2S/c1-12-6-2-3-10-5-8-14-9-11-4-7-13-9/h4,7,10H,2-3,5-6,8H2,1H3. The molecule has 0 fully saturated rings. The molecule has 0 aliphatic carbocycles. The minimum Gasteiger partial charge on any atom is -0.440 e. The molecule has 0 aliphatic rings. The predicted octanol–water partition coefficient (Wildman–Crippen LogP) is 1.39. The Hall–Kier alpha value is -0.520. The molecule has 1 aromatic heterocycles. The number of aromatic nitrogens is 1. The molecule has 0 saturated carbocycles. The Kier molecular flexibility index (Phi) is 6.47. The molecule has 1 rings (SSSR count). The van der Waals surface area contributed by atoms with Gasteiger partial charge in [-0.2, -0.15) is 0 Å². The molecule has 1 heterocycles. The van der Waals surface area contributed by atoms with E-state index in [0.717, 1.165) is 37.1 Å². The molecule has 0 aliphatic heterocycles. The number of methoxy groups -OCH3 is 1. The van der Waals surface area contributed by atoms with E-state index >= 15 is 0 Å². The van der Waals surface area contributed by atoms with Crippen molar-refractivity contribution < 1.29 is 9.15 Å². The molecule has 1 aromatic rings. The fraction of sp³-hybridized carbons (Fsp3) is 0.667. The van der Waals surface area contributed by atoms with Crippen molar-refractivity contribution in [2.45, 2.75) is 11.6 Å². The highest BCUT2D eigenvalue weighted by Crippen LogP contribution is 2.13. The van der Waals surface area contributed by atoms with E-state index in [-0.39, 0.29) is 0 Å². The second-order valence-electron chi connectivity index (χ2n) is 2.74. The largest absolute Gasteiger partial charge is 0.440 e. The average Bonchev–Trinajstić information content (AvgIpc) is 2.69. The molecular weight excluding hydrogens is 200 g/mol. The third-order valence-corrected chi connectivity index (χ3v) is 2.47. The van der Waals surface area contributed by atoms with Gasteiger partial charge in [0.15, 0.2) is 0 Å².